The Balaban J connectivity index is 2.40. The first kappa shape index (κ1) is 16.4. The molecule has 0 bridgehead atoms. The lowest BCUT2D eigenvalue weighted by Gasteiger charge is -2.31. The third-order valence-corrected chi connectivity index (χ3v) is 4.59. The number of likely N-dealkylation sites (N-methyl/N-ethyl adjacent to an activating group) is 1. The summed E-state index contributed by atoms with van der Waals surface area (Å²) in [4.78, 5) is 13.9. The monoisotopic (exact) mass is 270 g/mol. The summed E-state index contributed by atoms with van der Waals surface area (Å²) < 4.78 is 0. The van der Waals surface area contributed by atoms with E-state index in [9.17, 15) is 9.90 Å². The van der Waals surface area contributed by atoms with Gasteiger partial charge >= 0.3 is 5.97 Å². The molecule has 1 aliphatic carbocycles. The Hall–Kier alpha value is -0.610. The van der Waals surface area contributed by atoms with Crippen LogP contribution >= 0.6 is 0 Å². The van der Waals surface area contributed by atoms with Gasteiger partial charge < -0.3 is 15.3 Å². The molecule has 0 heterocycles. The lowest BCUT2D eigenvalue weighted by molar-refractivity contribution is -0.145. The van der Waals surface area contributed by atoms with Gasteiger partial charge in [-0.15, -0.1) is 0 Å². The van der Waals surface area contributed by atoms with Crippen LogP contribution in [0.1, 0.15) is 58.8 Å². The van der Waals surface area contributed by atoms with Gasteiger partial charge in [-0.05, 0) is 52.2 Å². The first-order chi connectivity index (χ1) is 9.05. The molecule has 0 aliphatic heterocycles. The Morgan fingerprint density at radius 3 is 2.47 bits per heavy atom. The quantitative estimate of drug-likeness (QED) is 0.676. The van der Waals surface area contributed by atoms with E-state index in [0.717, 1.165) is 19.0 Å². The molecule has 4 nitrogen and oxygen atoms in total. The Morgan fingerprint density at radius 1 is 1.37 bits per heavy atom. The molecule has 0 aromatic carbocycles. The van der Waals surface area contributed by atoms with Crippen molar-refractivity contribution < 1.29 is 9.90 Å². The average molecular weight is 270 g/mol. The van der Waals surface area contributed by atoms with Crippen LogP contribution in [0.4, 0.5) is 0 Å². The number of nitrogens with one attached hydrogen (secondary N) is 1. The maximum atomic E-state index is 11.5. The Morgan fingerprint density at radius 2 is 2.00 bits per heavy atom. The number of carboxylic acid groups (broad SMARTS) is 1. The third kappa shape index (κ3) is 4.46. The minimum atomic E-state index is -0.731. The second-order valence-corrected chi connectivity index (χ2v) is 5.79. The second kappa shape index (κ2) is 7.85. The SMILES string of the molecule is CCNC(CC)(CCCN(C)C1CCCC1)C(=O)O. The fourth-order valence-corrected chi connectivity index (χ4v) is 3.22. The maximum absolute atomic E-state index is 11.5. The van der Waals surface area contributed by atoms with Crippen molar-refractivity contribution in [2.75, 3.05) is 20.1 Å². The van der Waals surface area contributed by atoms with Crippen molar-refractivity contribution in [2.24, 2.45) is 0 Å². The molecule has 1 fully saturated rings. The minimum Gasteiger partial charge on any atom is -0.480 e. The summed E-state index contributed by atoms with van der Waals surface area (Å²) in [6.45, 7) is 5.64. The van der Waals surface area contributed by atoms with Crippen LogP contribution in [0, 0.1) is 0 Å². The number of rotatable bonds is 9. The van der Waals surface area contributed by atoms with Crippen molar-refractivity contribution in [2.45, 2.75) is 70.4 Å². The highest BCUT2D eigenvalue weighted by Gasteiger charge is 2.35. The summed E-state index contributed by atoms with van der Waals surface area (Å²) in [7, 11) is 2.18. The molecule has 0 radical (unpaired) electrons. The smallest absolute Gasteiger partial charge is 0.323 e. The number of carboxylic acids is 1. The van der Waals surface area contributed by atoms with Crippen molar-refractivity contribution in [3.63, 3.8) is 0 Å². The van der Waals surface area contributed by atoms with Crippen LogP contribution < -0.4 is 5.32 Å². The molecule has 0 amide bonds. The van der Waals surface area contributed by atoms with Gasteiger partial charge in [0.05, 0.1) is 0 Å². The highest BCUT2D eigenvalue weighted by molar-refractivity contribution is 5.78. The molecule has 1 saturated carbocycles. The van der Waals surface area contributed by atoms with Gasteiger partial charge in [0.25, 0.3) is 0 Å². The average Bonchev–Trinajstić information content (AvgIpc) is 2.91. The van der Waals surface area contributed by atoms with Crippen LogP contribution in [0.2, 0.25) is 0 Å². The predicted molar refractivity (Wildman–Crippen MR) is 78.5 cm³/mol. The first-order valence-electron chi connectivity index (χ1n) is 7.74. The molecular formula is C15H30N2O2. The molecule has 112 valence electrons. The van der Waals surface area contributed by atoms with Crippen molar-refractivity contribution in [1.82, 2.24) is 10.2 Å². The van der Waals surface area contributed by atoms with Gasteiger partial charge in [0.15, 0.2) is 0 Å². The molecule has 0 spiro atoms. The Kier molecular flexibility index (Phi) is 6.80. The van der Waals surface area contributed by atoms with Crippen LogP contribution in [-0.2, 0) is 4.79 Å². The van der Waals surface area contributed by atoms with Crippen molar-refractivity contribution in [3.05, 3.63) is 0 Å². The van der Waals surface area contributed by atoms with Crippen LogP contribution in [0.5, 0.6) is 0 Å². The van der Waals surface area contributed by atoms with Gasteiger partial charge in [0.1, 0.15) is 5.54 Å². The molecule has 19 heavy (non-hydrogen) atoms. The van der Waals surface area contributed by atoms with Gasteiger partial charge in [0, 0.05) is 6.04 Å². The normalized spacial score (nSPS) is 19.8. The molecule has 0 aromatic rings. The molecule has 1 unspecified atom stereocenters. The lowest BCUT2D eigenvalue weighted by Crippen LogP contribution is -2.52. The fourth-order valence-electron chi connectivity index (χ4n) is 3.22. The van der Waals surface area contributed by atoms with E-state index < -0.39 is 11.5 Å². The second-order valence-electron chi connectivity index (χ2n) is 5.79. The summed E-state index contributed by atoms with van der Waals surface area (Å²) >= 11 is 0. The summed E-state index contributed by atoms with van der Waals surface area (Å²) in [5.41, 5.74) is -0.731. The zero-order chi connectivity index (χ0) is 14.3. The summed E-state index contributed by atoms with van der Waals surface area (Å²) in [5.74, 6) is -0.708. The highest BCUT2D eigenvalue weighted by Crippen LogP contribution is 2.24. The van der Waals surface area contributed by atoms with Crippen LogP contribution in [0.25, 0.3) is 0 Å². The summed E-state index contributed by atoms with van der Waals surface area (Å²) in [6.07, 6.45) is 7.61. The number of hydrogen-bond donors (Lipinski definition) is 2. The van der Waals surface area contributed by atoms with Crippen LogP contribution in [0.15, 0.2) is 0 Å². The molecule has 2 N–H and O–H groups in total. The van der Waals surface area contributed by atoms with E-state index in [4.69, 9.17) is 0 Å². The van der Waals surface area contributed by atoms with E-state index in [1.54, 1.807) is 0 Å². The van der Waals surface area contributed by atoms with E-state index in [1.165, 1.54) is 25.7 Å². The zero-order valence-corrected chi connectivity index (χ0v) is 12.7. The molecule has 1 atom stereocenters. The van der Waals surface area contributed by atoms with Gasteiger partial charge in [0.2, 0.25) is 0 Å². The maximum Gasteiger partial charge on any atom is 0.323 e. The van der Waals surface area contributed by atoms with Gasteiger partial charge in [-0.3, -0.25) is 4.79 Å². The van der Waals surface area contributed by atoms with Gasteiger partial charge in [-0.2, -0.15) is 0 Å². The van der Waals surface area contributed by atoms with E-state index in [-0.39, 0.29) is 0 Å². The zero-order valence-electron chi connectivity index (χ0n) is 12.7. The highest BCUT2D eigenvalue weighted by atomic mass is 16.4. The Labute approximate surface area is 117 Å². The van der Waals surface area contributed by atoms with Crippen LogP contribution in [-0.4, -0.2) is 47.7 Å². The largest absolute Gasteiger partial charge is 0.480 e. The third-order valence-electron chi connectivity index (χ3n) is 4.59. The van der Waals surface area contributed by atoms with E-state index in [2.05, 4.69) is 17.3 Å². The topological polar surface area (TPSA) is 52.6 Å². The number of aliphatic carboxylic acids is 1. The standard InChI is InChI=1S/C15H30N2O2/c1-4-15(14(18)19,16-5-2)11-8-12-17(3)13-9-6-7-10-13/h13,16H,4-12H2,1-3H3,(H,18,19). The first-order valence-corrected chi connectivity index (χ1v) is 7.74. The number of hydrogen-bond acceptors (Lipinski definition) is 3. The van der Waals surface area contributed by atoms with Crippen LogP contribution in [0.3, 0.4) is 0 Å². The van der Waals surface area contributed by atoms with Gasteiger partial charge in [-0.1, -0.05) is 26.7 Å². The van der Waals surface area contributed by atoms with E-state index in [1.807, 2.05) is 13.8 Å². The molecule has 1 rings (SSSR count). The fraction of sp³-hybridized carbons (Fsp3) is 0.933. The lowest BCUT2D eigenvalue weighted by atomic mass is 9.90. The van der Waals surface area contributed by atoms with E-state index in [0.29, 0.717) is 19.4 Å². The molecular weight excluding hydrogens is 240 g/mol. The minimum absolute atomic E-state index is 0.642. The van der Waals surface area contributed by atoms with Crippen molar-refractivity contribution >= 4 is 5.97 Å². The Bertz CT molecular complexity index is 277. The number of carbonyl (C=O) groups is 1. The molecule has 0 aromatic heterocycles. The summed E-state index contributed by atoms with van der Waals surface area (Å²) in [5, 5.41) is 12.6. The predicted octanol–water partition coefficient (Wildman–Crippen LogP) is 2.48. The molecule has 0 saturated heterocycles. The summed E-state index contributed by atoms with van der Waals surface area (Å²) in [6, 6.07) is 0.722. The molecule has 4 heteroatoms. The molecule has 1 aliphatic rings. The number of nitrogens with zero attached hydrogens (tertiary/aromatic N) is 1. The van der Waals surface area contributed by atoms with Crippen molar-refractivity contribution in [1.29, 1.82) is 0 Å². The van der Waals surface area contributed by atoms with E-state index >= 15 is 0 Å². The van der Waals surface area contributed by atoms with Crippen molar-refractivity contribution in [3.8, 4) is 0 Å². The van der Waals surface area contributed by atoms with Gasteiger partial charge in [-0.25, -0.2) is 0 Å².